The third-order valence-electron chi connectivity index (χ3n) is 3.73. The van der Waals surface area contributed by atoms with Crippen molar-refractivity contribution >= 4 is 0 Å². The van der Waals surface area contributed by atoms with Crippen LogP contribution in [0.2, 0.25) is 0 Å². The third-order valence-corrected chi connectivity index (χ3v) is 3.73. The number of rotatable bonds is 0. The van der Waals surface area contributed by atoms with Gasteiger partial charge >= 0.3 is 21.7 Å². The van der Waals surface area contributed by atoms with E-state index in [1.165, 1.54) is 19.3 Å². The molecule has 2 N–H and O–H groups in total. The van der Waals surface area contributed by atoms with Gasteiger partial charge in [-0.05, 0) is 0 Å². The minimum absolute atomic E-state index is 0. The van der Waals surface area contributed by atoms with Crippen LogP contribution < -0.4 is 5.73 Å². The molecular formula is C12H22NTi. The van der Waals surface area contributed by atoms with Gasteiger partial charge in [-0.3, -0.25) is 7.05 Å². The van der Waals surface area contributed by atoms with Crippen LogP contribution >= 0.6 is 0 Å². The molecule has 1 nitrogen and oxygen atoms in total. The molecule has 0 unspecified atom stereocenters. The fourth-order valence-electron chi connectivity index (χ4n) is 3.68. The van der Waals surface area contributed by atoms with Gasteiger partial charge in [0.15, 0.2) is 0 Å². The zero-order valence-corrected chi connectivity index (χ0v) is 10.8. The average Bonchev–Trinajstić information content (AvgIpc) is 2.05. The van der Waals surface area contributed by atoms with E-state index in [1.54, 1.807) is 19.3 Å². The Kier molecular flexibility index (Phi) is 6.60. The van der Waals surface area contributed by atoms with Crippen molar-refractivity contribution in [3.63, 3.8) is 0 Å². The summed E-state index contributed by atoms with van der Waals surface area (Å²) in [4.78, 5) is 0. The van der Waals surface area contributed by atoms with Crippen molar-refractivity contribution in [2.75, 3.05) is 0 Å². The van der Waals surface area contributed by atoms with Gasteiger partial charge < -0.3 is 19.1 Å². The Hall–Kier alpha value is 0.674. The minimum Gasteiger partial charge on any atom is -0.486 e. The van der Waals surface area contributed by atoms with E-state index in [1.807, 2.05) is 5.92 Å². The molecule has 0 heterocycles. The van der Waals surface area contributed by atoms with Crippen LogP contribution in [-0.4, -0.2) is 0 Å². The molecule has 0 amide bonds. The van der Waals surface area contributed by atoms with Gasteiger partial charge in [-0.15, -0.1) is 0 Å². The first-order valence-electron chi connectivity index (χ1n) is 5.14. The van der Waals surface area contributed by atoms with Crippen molar-refractivity contribution in [2.24, 2.45) is 23.5 Å². The molecule has 79 valence electrons. The van der Waals surface area contributed by atoms with E-state index in [0.717, 1.165) is 17.8 Å². The first-order chi connectivity index (χ1) is 5.90. The standard InChI is InChI=1S/C10H15.CH4N.CH3.Ti/c1-7-2-9-4-8(1)5-10(3-7)6-9;1-2;;/h7-9H,1-6H2;1-2H2;1H3;/q3*-1;+3. The van der Waals surface area contributed by atoms with E-state index in [2.05, 4.69) is 12.8 Å². The molecule has 0 aromatic rings. The summed E-state index contributed by atoms with van der Waals surface area (Å²) >= 11 is 0. The van der Waals surface area contributed by atoms with E-state index in [9.17, 15) is 0 Å². The van der Waals surface area contributed by atoms with Crippen LogP contribution in [-0.2, 0) is 21.7 Å². The average molecular weight is 228 g/mol. The smallest absolute Gasteiger partial charge is 0.486 e. The SMILES string of the molecule is C1[C-]2CC3CC1CC(C2)C3.[CH2-]N.[CH3-].[Ti+3]. The molecule has 1 radical (unpaired) electrons. The zero-order valence-electron chi connectivity index (χ0n) is 9.26. The molecule has 14 heavy (non-hydrogen) atoms. The predicted molar refractivity (Wildman–Crippen MR) is 57.4 cm³/mol. The van der Waals surface area contributed by atoms with Crippen molar-refractivity contribution in [2.45, 2.75) is 38.5 Å². The molecule has 4 bridgehead atoms. The summed E-state index contributed by atoms with van der Waals surface area (Å²) in [6, 6.07) is 0. The summed E-state index contributed by atoms with van der Waals surface area (Å²) in [6.07, 6.45) is 9.31. The van der Waals surface area contributed by atoms with Gasteiger partial charge in [0, 0.05) is 0 Å². The molecule has 4 fully saturated rings. The molecule has 0 spiro atoms. The van der Waals surface area contributed by atoms with Crippen LogP contribution in [0.5, 0.6) is 0 Å². The zero-order chi connectivity index (χ0) is 8.55. The van der Waals surface area contributed by atoms with E-state index in [4.69, 9.17) is 0 Å². The Bertz CT molecular complexity index is 102. The molecule has 0 saturated heterocycles. The summed E-state index contributed by atoms with van der Waals surface area (Å²) in [5.41, 5.74) is 4.25. The monoisotopic (exact) mass is 228 g/mol. The summed E-state index contributed by atoms with van der Waals surface area (Å²) in [6.45, 7) is 0. The second-order valence-corrected chi connectivity index (χ2v) is 4.67. The van der Waals surface area contributed by atoms with Crippen LogP contribution in [0.25, 0.3) is 0 Å². The molecule has 2 heteroatoms. The van der Waals surface area contributed by atoms with Gasteiger partial charge in [0.05, 0.1) is 0 Å². The normalized spacial score (nSPS) is 37.7. The minimum atomic E-state index is 0. The Labute approximate surface area is 104 Å². The molecule has 4 rings (SSSR count). The molecule has 0 atom stereocenters. The van der Waals surface area contributed by atoms with Gasteiger partial charge in [-0.25, -0.2) is 0 Å². The Balaban J connectivity index is 0.000000401. The topological polar surface area (TPSA) is 26.0 Å². The van der Waals surface area contributed by atoms with E-state index in [-0.39, 0.29) is 29.1 Å². The van der Waals surface area contributed by atoms with Crippen molar-refractivity contribution in [1.29, 1.82) is 0 Å². The van der Waals surface area contributed by atoms with Crippen molar-refractivity contribution in [3.8, 4) is 0 Å². The van der Waals surface area contributed by atoms with Crippen LogP contribution in [0.15, 0.2) is 0 Å². The maximum atomic E-state index is 4.25. The molecule has 4 aliphatic rings. The van der Waals surface area contributed by atoms with Gasteiger partial charge in [-0.2, -0.15) is 19.3 Å². The molecule has 4 saturated carbocycles. The maximum Gasteiger partial charge on any atom is 3.00 e. The van der Waals surface area contributed by atoms with Crippen LogP contribution in [0.1, 0.15) is 38.5 Å². The van der Waals surface area contributed by atoms with Crippen molar-refractivity contribution in [3.05, 3.63) is 20.4 Å². The van der Waals surface area contributed by atoms with Crippen molar-refractivity contribution in [1.82, 2.24) is 0 Å². The van der Waals surface area contributed by atoms with E-state index < -0.39 is 0 Å². The summed E-state index contributed by atoms with van der Waals surface area (Å²) in [7, 11) is 2.75. The third kappa shape index (κ3) is 2.84. The van der Waals surface area contributed by atoms with E-state index >= 15 is 0 Å². The predicted octanol–water partition coefficient (Wildman–Crippen LogP) is 2.98. The second-order valence-electron chi connectivity index (χ2n) is 4.67. The molecule has 0 aromatic carbocycles. The molecule has 4 aliphatic carbocycles. The molecular weight excluding hydrogens is 206 g/mol. The van der Waals surface area contributed by atoms with Crippen LogP contribution in [0, 0.1) is 38.1 Å². The first kappa shape index (κ1) is 14.7. The fraction of sp³-hybridized carbons (Fsp3) is 0.750. The van der Waals surface area contributed by atoms with E-state index in [0.29, 0.717) is 0 Å². The number of nitrogens with two attached hydrogens (primary N) is 1. The van der Waals surface area contributed by atoms with Gasteiger partial charge in [-0.1, -0.05) is 37.0 Å². The summed E-state index contributed by atoms with van der Waals surface area (Å²) < 4.78 is 0. The Morgan fingerprint density at radius 1 is 0.857 bits per heavy atom. The van der Waals surface area contributed by atoms with Crippen LogP contribution in [0.4, 0.5) is 0 Å². The van der Waals surface area contributed by atoms with Crippen molar-refractivity contribution < 1.29 is 21.7 Å². The van der Waals surface area contributed by atoms with Crippen LogP contribution in [0.3, 0.4) is 0 Å². The first-order valence-corrected chi connectivity index (χ1v) is 5.14. The number of hydrogen-bond acceptors (Lipinski definition) is 1. The molecule has 0 aromatic heterocycles. The van der Waals surface area contributed by atoms with Gasteiger partial charge in [0.2, 0.25) is 0 Å². The molecule has 0 aliphatic heterocycles. The Morgan fingerprint density at radius 3 is 1.36 bits per heavy atom. The summed E-state index contributed by atoms with van der Waals surface area (Å²) in [5.74, 6) is 5.35. The van der Waals surface area contributed by atoms with Gasteiger partial charge in [0.1, 0.15) is 0 Å². The largest absolute Gasteiger partial charge is 3.00 e. The van der Waals surface area contributed by atoms with Gasteiger partial charge in [0.25, 0.3) is 0 Å². The quantitative estimate of drug-likeness (QED) is 0.500. The second kappa shape index (κ2) is 6.30. The maximum absolute atomic E-state index is 4.25. The summed E-state index contributed by atoms with van der Waals surface area (Å²) in [5, 5.41) is 0. The fourth-order valence-corrected chi connectivity index (χ4v) is 3.68. The Morgan fingerprint density at radius 2 is 1.14 bits per heavy atom. The number of hydrogen-bond donors (Lipinski definition) is 1.